The summed E-state index contributed by atoms with van der Waals surface area (Å²) in [6.45, 7) is 8.05. The average molecular weight is 254 g/mol. The summed E-state index contributed by atoms with van der Waals surface area (Å²) in [6, 6.07) is 5.68. The van der Waals surface area contributed by atoms with E-state index in [1.165, 1.54) is 0 Å². The SMILES string of the molecule is C=C(CNc1ccc(C)cc1Cl)C(=O)OCC. The molecule has 0 bridgehead atoms. The monoisotopic (exact) mass is 253 g/mol. The molecule has 3 nitrogen and oxygen atoms in total. The van der Waals surface area contributed by atoms with Gasteiger partial charge < -0.3 is 10.1 Å². The second kappa shape index (κ2) is 6.30. The van der Waals surface area contributed by atoms with Crippen molar-refractivity contribution in [1.82, 2.24) is 0 Å². The van der Waals surface area contributed by atoms with E-state index < -0.39 is 0 Å². The predicted molar refractivity (Wildman–Crippen MR) is 70.5 cm³/mol. The van der Waals surface area contributed by atoms with Gasteiger partial charge in [-0.1, -0.05) is 24.2 Å². The van der Waals surface area contributed by atoms with E-state index in [0.717, 1.165) is 11.3 Å². The molecule has 92 valence electrons. The number of carbonyl (C=O) groups excluding carboxylic acids is 1. The van der Waals surface area contributed by atoms with Crippen LogP contribution < -0.4 is 5.32 Å². The molecule has 0 fully saturated rings. The van der Waals surface area contributed by atoms with Crippen molar-refractivity contribution in [2.75, 3.05) is 18.5 Å². The number of ether oxygens (including phenoxy) is 1. The van der Waals surface area contributed by atoms with E-state index in [4.69, 9.17) is 16.3 Å². The molecule has 0 saturated carbocycles. The van der Waals surface area contributed by atoms with Gasteiger partial charge in [0.05, 0.1) is 17.3 Å². The molecule has 0 unspecified atom stereocenters. The molecule has 0 aliphatic rings. The minimum atomic E-state index is -0.386. The normalized spacial score (nSPS) is 9.82. The smallest absolute Gasteiger partial charge is 0.335 e. The van der Waals surface area contributed by atoms with Crippen molar-refractivity contribution in [2.45, 2.75) is 13.8 Å². The van der Waals surface area contributed by atoms with Crippen LogP contribution in [0.4, 0.5) is 5.69 Å². The Morgan fingerprint density at radius 2 is 2.24 bits per heavy atom. The van der Waals surface area contributed by atoms with Gasteiger partial charge in [-0.15, -0.1) is 0 Å². The molecule has 4 heteroatoms. The molecule has 1 aromatic carbocycles. The molecule has 17 heavy (non-hydrogen) atoms. The molecule has 1 rings (SSSR count). The minimum Gasteiger partial charge on any atom is -0.463 e. The van der Waals surface area contributed by atoms with E-state index in [0.29, 0.717) is 23.7 Å². The Labute approximate surface area is 106 Å². The van der Waals surface area contributed by atoms with E-state index in [9.17, 15) is 4.79 Å². The first kappa shape index (κ1) is 13.6. The summed E-state index contributed by atoms with van der Waals surface area (Å²) in [4.78, 5) is 11.3. The van der Waals surface area contributed by atoms with Crippen LogP contribution in [-0.4, -0.2) is 19.1 Å². The number of hydrogen-bond acceptors (Lipinski definition) is 3. The predicted octanol–water partition coefficient (Wildman–Crippen LogP) is 3.18. The lowest BCUT2D eigenvalue weighted by Gasteiger charge is -2.10. The highest BCUT2D eigenvalue weighted by Crippen LogP contribution is 2.22. The summed E-state index contributed by atoms with van der Waals surface area (Å²) in [5.41, 5.74) is 2.25. The van der Waals surface area contributed by atoms with Crippen LogP contribution in [0.1, 0.15) is 12.5 Å². The number of benzene rings is 1. The molecule has 0 heterocycles. The summed E-state index contributed by atoms with van der Waals surface area (Å²) in [5.74, 6) is -0.386. The molecule has 0 spiro atoms. The summed E-state index contributed by atoms with van der Waals surface area (Å²) in [6.07, 6.45) is 0. The third-order valence-corrected chi connectivity index (χ3v) is 2.49. The van der Waals surface area contributed by atoms with Gasteiger partial charge in [0.1, 0.15) is 0 Å². The number of hydrogen-bond donors (Lipinski definition) is 1. The molecule has 0 atom stereocenters. The van der Waals surface area contributed by atoms with Crippen LogP contribution in [0.5, 0.6) is 0 Å². The highest BCUT2D eigenvalue weighted by molar-refractivity contribution is 6.33. The fourth-order valence-corrected chi connectivity index (χ4v) is 1.57. The van der Waals surface area contributed by atoms with Crippen LogP contribution in [-0.2, 0) is 9.53 Å². The maximum Gasteiger partial charge on any atom is 0.335 e. The molecule has 0 saturated heterocycles. The second-order valence-corrected chi connectivity index (χ2v) is 4.07. The van der Waals surface area contributed by atoms with Crippen molar-refractivity contribution in [3.8, 4) is 0 Å². The van der Waals surface area contributed by atoms with Crippen molar-refractivity contribution in [1.29, 1.82) is 0 Å². The van der Waals surface area contributed by atoms with Gasteiger partial charge in [-0.2, -0.15) is 0 Å². The number of nitrogens with one attached hydrogen (secondary N) is 1. The molecular weight excluding hydrogens is 238 g/mol. The lowest BCUT2D eigenvalue weighted by Crippen LogP contribution is -2.14. The van der Waals surface area contributed by atoms with Gasteiger partial charge >= 0.3 is 5.97 Å². The van der Waals surface area contributed by atoms with Gasteiger partial charge in [0, 0.05) is 12.1 Å². The number of aryl methyl sites for hydroxylation is 1. The molecule has 1 aromatic rings. The van der Waals surface area contributed by atoms with Gasteiger partial charge in [-0.3, -0.25) is 0 Å². The zero-order chi connectivity index (χ0) is 12.8. The van der Waals surface area contributed by atoms with Crippen LogP contribution in [0, 0.1) is 6.92 Å². The summed E-state index contributed by atoms with van der Waals surface area (Å²) < 4.78 is 4.83. The highest BCUT2D eigenvalue weighted by atomic mass is 35.5. The van der Waals surface area contributed by atoms with Crippen LogP contribution >= 0.6 is 11.6 Å². The number of carbonyl (C=O) groups is 1. The molecule has 0 aliphatic carbocycles. The molecule has 0 radical (unpaired) electrons. The quantitative estimate of drug-likeness (QED) is 0.647. The first-order chi connectivity index (χ1) is 8.04. The average Bonchev–Trinajstić information content (AvgIpc) is 2.27. The molecule has 0 aromatic heterocycles. The Hall–Kier alpha value is -1.48. The van der Waals surface area contributed by atoms with E-state index >= 15 is 0 Å². The second-order valence-electron chi connectivity index (χ2n) is 3.66. The topological polar surface area (TPSA) is 38.3 Å². The first-order valence-electron chi connectivity index (χ1n) is 5.39. The Bertz CT molecular complexity index is 429. The summed E-state index contributed by atoms with van der Waals surface area (Å²) in [5, 5.41) is 3.67. The van der Waals surface area contributed by atoms with Gasteiger partial charge in [-0.25, -0.2) is 4.79 Å². The Kier molecular flexibility index (Phi) is 5.04. The molecular formula is C13H16ClNO2. The summed E-state index contributed by atoms with van der Waals surface area (Å²) >= 11 is 6.05. The van der Waals surface area contributed by atoms with Crippen molar-refractivity contribution >= 4 is 23.3 Å². The fourth-order valence-electron chi connectivity index (χ4n) is 1.27. The lowest BCUT2D eigenvalue weighted by molar-refractivity contribution is -0.138. The zero-order valence-corrected chi connectivity index (χ0v) is 10.8. The van der Waals surface area contributed by atoms with Crippen LogP contribution in [0.15, 0.2) is 30.4 Å². The standard InChI is InChI=1S/C13H16ClNO2/c1-4-17-13(16)10(3)8-15-12-6-5-9(2)7-11(12)14/h5-7,15H,3-4,8H2,1-2H3. The van der Waals surface area contributed by atoms with E-state index in [1.807, 2.05) is 25.1 Å². The van der Waals surface area contributed by atoms with Gasteiger partial charge in [0.25, 0.3) is 0 Å². The van der Waals surface area contributed by atoms with Crippen LogP contribution in [0.2, 0.25) is 5.02 Å². The third-order valence-electron chi connectivity index (χ3n) is 2.18. The van der Waals surface area contributed by atoms with Gasteiger partial charge in [-0.05, 0) is 31.5 Å². The maximum atomic E-state index is 11.3. The Balaban J connectivity index is 2.56. The molecule has 0 aliphatic heterocycles. The highest BCUT2D eigenvalue weighted by Gasteiger charge is 2.08. The number of anilines is 1. The number of esters is 1. The number of halogens is 1. The van der Waals surface area contributed by atoms with Crippen molar-refractivity contribution in [2.24, 2.45) is 0 Å². The largest absolute Gasteiger partial charge is 0.463 e. The van der Waals surface area contributed by atoms with Crippen molar-refractivity contribution in [3.05, 3.63) is 40.9 Å². The lowest BCUT2D eigenvalue weighted by atomic mass is 10.2. The van der Waals surface area contributed by atoms with E-state index in [-0.39, 0.29) is 5.97 Å². The Morgan fingerprint density at radius 3 is 2.82 bits per heavy atom. The first-order valence-corrected chi connectivity index (χ1v) is 5.77. The van der Waals surface area contributed by atoms with Crippen molar-refractivity contribution < 1.29 is 9.53 Å². The van der Waals surface area contributed by atoms with Crippen molar-refractivity contribution in [3.63, 3.8) is 0 Å². The molecule has 0 amide bonds. The van der Waals surface area contributed by atoms with Gasteiger partial charge in [0.15, 0.2) is 0 Å². The van der Waals surface area contributed by atoms with Crippen LogP contribution in [0.25, 0.3) is 0 Å². The fraction of sp³-hybridized carbons (Fsp3) is 0.308. The maximum absolute atomic E-state index is 11.3. The van der Waals surface area contributed by atoms with Gasteiger partial charge in [0.2, 0.25) is 0 Å². The number of rotatable bonds is 5. The minimum absolute atomic E-state index is 0.321. The Morgan fingerprint density at radius 1 is 1.53 bits per heavy atom. The third kappa shape index (κ3) is 4.11. The summed E-state index contributed by atoms with van der Waals surface area (Å²) in [7, 11) is 0. The van der Waals surface area contributed by atoms with Crippen LogP contribution in [0.3, 0.4) is 0 Å². The molecule has 1 N–H and O–H groups in total. The van der Waals surface area contributed by atoms with E-state index in [2.05, 4.69) is 11.9 Å². The van der Waals surface area contributed by atoms with E-state index in [1.54, 1.807) is 6.92 Å². The zero-order valence-electron chi connectivity index (χ0n) is 10.0.